The lowest BCUT2D eigenvalue weighted by atomic mass is 10.1. The van der Waals surface area contributed by atoms with Gasteiger partial charge in [-0.2, -0.15) is 0 Å². The summed E-state index contributed by atoms with van der Waals surface area (Å²) >= 11 is 6.11. The van der Waals surface area contributed by atoms with Gasteiger partial charge in [-0.05, 0) is 60.7 Å². The molecule has 0 saturated carbocycles. The number of carbonyl (C=O) groups is 1. The van der Waals surface area contributed by atoms with Gasteiger partial charge >= 0.3 is 0 Å². The largest absolute Gasteiger partial charge is 0.495 e. The molecular weight excluding hydrogens is 431 g/mol. The Kier molecular flexibility index (Phi) is 6.28. The molecule has 8 heteroatoms. The van der Waals surface area contributed by atoms with Crippen molar-refractivity contribution in [2.45, 2.75) is 0 Å². The molecule has 2 N–H and O–H groups in total. The van der Waals surface area contributed by atoms with Gasteiger partial charge in [0.2, 0.25) is 0 Å². The van der Waals surface area contributed by atoms with E-state index in [2.05, 4.69) is 20.8 Å². The zero-order valence-corrected chi connectivity index (χ0v) is 17.7. The van der Waals surface area contributed by atoms with Gasteiger partial charge in [0.15, 0.2) is 5.82 Å². The number of methoxy groups -OCH3 is 1. The van der Waals surface area contributed by atoms with E-state index in [0.29, 0.717) is 44.8 Å². The maximum Gasteiger partial charge on any atom is 0.255 e. The predicted octanol–water partition coefficient (Wildman–Crippen LogP) is 5.94. The van der Waals surface area contributed by atoms with Gasteiger partial charge in [0.05, 0.1) is 17.8 Å². The summed E-state index contributed by atoms with van der Waals surface area (Å²) in [7, 11) is 1.53. The molecule has 1 heterocycles. The summed E-state index contributed by atoms with van der Waals surface area (Å²) in [6, 6.07) is 21.6. The first-order valence-electron chi connectivity index (χ1n) is 9.63. The molecule has 0 saturated heterocycles. The maximum atomic E-state index is 13.4. The number of halogens is 2. The van der Waals surface area contributed by atoms with E-state index in [0.717, 1.165) is 0 Å². The fourth-order valence-electron chi connectivity index (χ4n) is 3.03. The summed E-state index contributed by atoms with van der Waals surface area (Å²) in [6.07, 6.45) is 0. The monoisotopic (exact) mass is 448 g/mol. The van der Waals surface area contributed by atoms with Gasteiger partial charge in [0.25, 0.3) is 5.91 Å². The Balaban J connectivity index is 1.46. The van der Waals surface area contributed by atoms with Crippen LogP contribution in [0.25, 0.3) is 11.3 Å². The quantitative estimate of drug-likeness (QED) is 0.381. The lowest BCUT2D eigenvalue weighted by Gasteiger charge is -2.10. The topological polar surface area (TPSA) is 76.1 Å². The van der Waals surface area contributed by atoms with Crippen LogP contribution in [-0.2, 0) is 0 Å². The van der Waals surface area contributed by atoms with E-state index >= 15 is 0 Å². The molecule has 0 unspecified atom stereocenters. The zero-order chi connectivity index (χ0) is 22.5. The maximum absolute atomic E-state index is 13.4. The highest BCUT2D eigenvalue weighted by atomic mass is 35.5. The van der Waals surface area contributed by atoms with E-state index < -0.39 is 0 Å². The van der Waals surface area contributed by atoms with Crippen LogP contribution in [0.5, 0.6) is 5.75 Å². The number of ether oxygens (including phenoxy) is 1. The van der Waals surface area contributed by atoms with Crippen molar-refractivity contribution in [2.75, 3.05) is 17.7 Å². The van der Waals surface area contributed by atoms with Crippen LogP contribution in [0.4, 0.5) is 21.6 Å². The molecule has 0 fully saturated rings. The average molecular weight is 449 g/mol. The van der Waals surface area contributed by atoms with E-state index in [1.807, 2.05) is 6.07 Å². The first-order valence-corrected chi connectivity index (χ1v) is 10.0. The minimum atomic E-state index is -0.335. The molecule has 1 amide bonds. The molecule has 4 rings (SSSR count). The van der Waals surface area contributed by atoms with Crippen LogP contribution in [0.2, 0.25) is 5.02 Å². The Morgan fingerprint density at radius 3 is 2.50 bits per heavy atom. The Bertz CT molecular complexity index is 1270. The lowest BCUT2D eigenvalue weighted by Crippen LogP contribution is -2.12. The number of hydrogen-bond donors (Lipinski definition) is 2. The Morgan fingerprint density at radius 2 is 1.78 bits per heavy atom. The molecule has 0 aliphatic heterocycles. The van der Waals surface area contributed by atoms with Crippen LogP contribution < -0.4 is 15.4 Å². The molecule has 0 atom stereocenters. The fourth-order valence-corrected chi connectivity index (χ4v) is 3.29. The van der Waals surface area contributed by atoms with Crippen molar-refractivity contribution in [3.63, 3.8) is 0 Å². The van der Waals surface area contributed by atoms with Gasteiger partial charge in [0.1, 0.15) is 11.6 Å². The second-order valence-electron chi connectivity index (χ2n) is 6.82. The van der Waals surface area contributed by atoms with E-state index in [-0.39, 0.29) is 11.7 Å². The lowest BCUT2D eigenvalue weighted by molar-refractivity contribution is 0.102. The summed E-state index contributed by atoms with van der Waals surface area (Å²) in [5.41, 5.74) is 2.87. The van der Waals surface area contributed by atoms with Gasteiger partial charge in [0, 0.05) is 22.5 Å². The number of nitrogens with zero attached hydrogens (tertiary/aromatic N) is 2. The van der Waals surface area contributed by atoms with Gasteiger partial charge in [-0.1, -0.05) is 29.8 Å². The van der Waals surface area contributed by atoms with Gasteiger partial charge in [-0.25, -0.2) is 4.39 Å². The zero-order valence-electron chi connectivity index (χ0n) is 17.0. The molecule has 32 heavy (non-hydrogen) atoms. The molecule has 4 aromatic rings. The van der Waals surface area contributed by atoms with Crippen LogP contribution >= 0.6 is 11.6 Å². The summed E-state index contributed by atoms with van der Waals surface area (Å²) in [4.78, 5) is 12.6. The van der Waals surface area contributed by atoms with Crippen molar-refractivity contribution < 1.29 is 13.9 Å². The molecule has 160 valence electrons. The molecule has 0 spiro atoms. The second kappa shape index (κ2) is 9.45. The third-order valence-electron chi connectivity index (χ3n) is 4.59. The number of rotatable bonds is 6. The Hall–Kier alpha value is -3.97. The molecule has 0 radical (unpaired) electrons. The van der Waals surface area contributed by atoms with Crippen molar-refractivity contribution in [2.24, 2.45) is 0 Å². The first kappa shape index (κ1) is 21.3. The third kappa shape index (κ3) is 5.01. The van der Waals surface area contributed by atoms with Crippen LogP contribution in [0.3, 0.4) is 0 Å². The highest BCUT2D eigenvalue weighted by Crippen LogP contribution is 2.27. The number of amides is 1. The number of carbonyl (C=O) groups excluding carboxylic acids is 1. The standard InChI is InChI=1S/C24H18ClFN4O2/c1-32-22-10-8-19(14-20(22)25)28-24(31)16-5-3-7-18(13-16)27-23-11-9-21(29-30-23)15-4-2-6-17(26)12-15/h2-14H,1H3,(H,27,30)(H,28,31). The van der Waals surface area contributed by atoms with Crippen molar-refractivity contribution in [3.05, 3.63) is 95.3 Å². The molecule has 3 aromatic carbocycles. The van der Waals surface area contributed by atoms with Gasteiger partial charge < -0.3 is 15.4 Å². The van der Waals surface area contributed by atoms with Gasteiger partial charge in [-0.15, -0.1) is 10.2 Å². The summed E-state index contributed by atoms with van der Waals surface area (Å²) < 4.78 is 18.5. The molecule has 0 aliphatic rings. The SMILES string of the molecule is COc1ccc(NC(=O)c2cccc(Nc3ccc(-c4cccc(F)c4)nn3)c2)cc1Cl. The number of hydrogen-bond acceptors (Lipinski definition) is 5. The normalized spacial score (nSPS) is 10.5. The third-order valence-corrected chi connectivity index (χ3v) is 4.89. The van der Waals surface area contributed by atoms with E-state index in [1.165, 1.54) is 19.2 Å². The highest BCUT2D eigenvalue weighted by molar-refractivity contribution is 6.32. The first-order chi connectivity index (χ1) is 15.5. The van der Waals surface area contributed by atoms with E-state index in [1.54, 1.807) is 60.7 Å². The van der Waals surface area contributed by atoms with Crippen LogP contribution in [0.15, 0.2) is 78.9 Å². The predicted molar refractivity (Wildman–Crippen MR) is 123 cm³/mol. The van der Waals surface area contributed by atoms with Crippen LogP contribution in [0, 0.1) is 5.82 Å². The molecule has 0 aliphatic carbocycles. The van der Waals surface area contributed by atoms with Crippen molar-refractivity contribution in [3.8, 4) is 17.0 Å². The van der Waals surface area contributed by atoms with E-state index in [4.69, 9.17) is 16.3 Å². The average Bonchev–Trinajstić information content (AvgIpc) is 2.80. The van der Waals surface area contributed by atoms with Crippen molar-refractivity contribution in [1.82, 2.24) is 10.2 Å². The summed E-state index contributed by atoms with van der Waals surface area (Å²) in [5.74, 6) is 0.394. The molecule has 0 bridgehead atoms. The fraction of sp³-hybridized carbons (Fsp3) is 0.0417. The van der Waals surface area contributed by atoms with Crippen molar-refractivity contribution in [1.29, 1.82) is 0 Å². The highest BCUT2D eigenvalue weighted by Gasteiger charge is 2.10. The van der Waals surface area contributed by atoms with Gasteiger partial charge in [-0.3, -0.25) is 4.79 Å². The number of benzene rings is 3. The minimum absolute atomic E-state index is 0.289. The summed E-state index contributed by atoms with van der Waals surface area (Å²) in [5, 5.41) is 14.6. The second-order valence-corrected chi connectivity index (χ2v) is 7.23. The Morgan fingerprint density at radius 1 is 0.938 bits per heavy atom. The number of aromatic nitrogens is 2. The summed E-state index contributed by atoms with van der Waals surface area (Å²) in [6.45, 7) is 0. The molecule has 6 nitrogen and oxygen atoms in total. The van der Waals surface area contributed by atoms with Crippen molar-refractivity contribution >= 4 is 34.7 Å². The number of anilines is 3. The number of nitrogens with one attached hydrogen (secondary N) is 2. The van der Waals surface area contributed by atoms with Crippen LogP contribution in [0.1, 0.15) is 10.4 Å². The minimum Gasteiger partial charge on any atom is -0.495 e. The molecule has 1 aromatic heterocycles. The molecular formula is C24H18ClFN4O2. The van der Waals surface area contributed by atoms with Crippen LogP contribution in [-0.4, -0.2) is 23.2 Å². The smallest absolute Gasteiger partial charge is 0.255 e. The Labute approximate surface area is 189 Å². The van der Waals surface area contributed by atoms with E-state index in [9.17, 15) is 9.18 Å².